The van der Waals surface area contributed by atoms with Crippen molar-refractivity contribution in [1.82, 2.24) is 4.90 Å². The summed E-state index contributed by atoms with van der Waals surface area (Å²) in [5.74, 6) is 0.447. The number of aliphatic hydroxyl groups is 2. The van der Waals surface area contributed by atoms with Crippen molar-refractivity contribution in [3.63, 3.8) is 0 Å². The maximum Gasteiger partial charge on any atom is 0.254 e. The third kappa shape index (κ3) is 3.68. The van der Waals surface area contributed by atoms with Crippen LogP contribution in [-0.2, 0) is 0 Å². The summed E-state index contributed by atoms with van der Waals surface area (Å²) in [5, 5.41) is 18.5. The van der Waals surface area contributed by atoms with Crippen molar-refractivity contribution >= 4 is 5.91 Å². The molecule has 0 unspecified atom stereocenters. The molecule has 0 aliphatic heterocycles. The first-order valence-corrected chi connectivity index (χ1v) is 6.14. The van der Waals surface area contributed by atoms with E-state index in [1.165, 1.54) is 4.90 Å². The number of carbonyl (C=O) groups is 1. The molecule has 0 aliphatic carbocycles. The number of hydrogen-bond donors (Lipinski definition) is 2. The van der Waals surface area contributed by atoms with Gasteiger partial charge in [0.2, 0.25) is 0 Å². The molecule has 0 atom stereocenters. The highest BCUT2D eigenvalue weighted by Gasteiger charge is 2.30. The van der Waals surface area contributed by atoms with Crippen molar-refractivity contribution < 1.29 is 19.7 Å². The molecule has 0 radical (unpaired) electrons. The van der Waals surface area contributed by atoms with Crippen LogP contribution >= 0.6 is 0 Å². The molecule has 0 bridgehead atoms. The lowest BCUT2D eigenvalue weighted by atomic mass is 10.0. The number of amides is 1. The Morgan fingerprint density at radius 1 is 1.26 bits per heavy atom. The standard InChI is InChI=1S/C14H21NO4/c1-14(2,10-17)15(8-9-16)13(18)11-4-6-12(19-3)7-5-11/h4-7,16-17H,8-10H2,1-3H3. The Morgan fingerprint density at radius 2 is 1.84 bits per heavy atom. The van der Waals surface area contributed by atoms with Crippen LogP contribution < -0.4 is 4.74 Å². The van der Waals surface area contributed by atoms with Gasteiger partial charge in [-0.05, 0) is 38.1 Å². The number of rotatable bonds is 6. The minimum absolute atomic E-state index is 0.147. The molecule has 0 heterocycles. The number of hydrogen-bond acceptors (Lipinski definition) is 4. The fraction of sp³-hybridized carbons (Fsp3) is 0.500. The van der Waals surface area contributed by atoms with E-state index in [0.717, 1.165) is 0 Å². The van der Waals surface area contributed by atoms with E-state index in [1.54, 1.807) is 45.2 Å². The molecular formula is C14H21NO4. The maximum atomic E-state index is 12.4. The average Bonchev–Trinajstić information content (AvgIpc) is 2.44. The highest BCUT2D eigenvalue weighted by Crippen LogP contribution is 2.19. The van der Waals surface area contributed by atoms with Gasteiger partial charge in [-0.15, -0.1) is 0 Å². The molecule has 106 valence electrons. The van der Waals surface area contributed by atoms with Crippen LogP contribution in [0.2, 0.25) is 0 Å². The molecule has 0 aromatic heterocycles. The minimum Gasteiger partial charge on any atom is -0.497 e. The predicted molar refractivity (Wildman–Crippen MR) is 72.3 cm³/mol. The second-order valence-electron chi connectivity index (χ2n) is 4.88. The highest BCUT2D eigenvalue weighted by atomic mass is 16.5. The van der Waals surface area contributed by atoms with Crippen LogP contribution in [0.25, 0.3) is 0 Å². The van der Waals surface area contributed by atoms with Gasteiger partial charge in [-0.25, -0.2) is 0 Å². The largest absolute Gasteiger partial charge is 0.497 e. The molecule has 2 N–H and O–H groups in total. The summed E-state index contributed by atoms with van der Waals surface area (Å²) in [4.78, 5) is 13.9. The molecule has 1 rings (SSSR count). The third-order valence-electron chi connectivity index (χ3n) is 3.02. The summed E-state index contributed by atoms with van der Waals surface area (Å²) in [7, 11) is 1.56. The van der Waals surface area contributed by atoms with Gasteiger partial charge in [0.1, 0.15) is 5.75 Å². The minimum atomic E-state index is -0.722. The Hall–Kier alpha value is -1.59. The van der Waals surface area contributed by atoms with Gasteiger partial charge in [-0.3, -0.25) is 4.79 Å². The van der Waals surface area contributed by atoms with Crippen LogP contribution in [0, 0.1) is 0 Å². The van der Waals surface area contributed by atoms with E-state index in [9.17, 15) is 9.90 Å². The molecule has 1 amide bonds. The Balaban J connectivity index is 2.98. The zero-order chi connectivity index (χ0) is 14.5. The average molecular weight is 267 g/mol. The van der Waals surface area contributed by atoms with Crippen LogP contribution in [0.15, 0.2) is 24.3 Å². The van der Waals surface area contributed by atoms with E-state index in [1.807, 2.05) is 0 Å². The molecule has 0 saturated carbocycles. The van der Waals surface area contributed by atoms with Gasteiger partial charge in [0.15, 0.2) is 0 Å². The molecule has 0 fully saturated rings. The van der Waals surface area contributed by atoms with Crippen LogP contribution in [0.5, 0.6) is 5.75 Å². The van der Waals surface area contributed by atoms with Gasteiger partial charge >= 0.3 is 0 Å². The van der Waals surface area contributed by atoms with Crippen molar-refractivity contribution in [1.29, 1.82) is 0 Å². The first kappa shape index (κ1) is 15.5. The normalized spacial score (nSPS) is 11.2. The Bertz CT molecular complexity index is 414. The lowest BCUT2D eigenvalue weighted by molar-refractivity contribution is 0.0308. The monoisotopic (exact) mass is 267 g/mol. The molecule has 1 aromatic rings. The van der Waals surface area contributed by atoms with Crippen LogP contribution in [0.3, 0.4) is 0 Å². The third-order valence-corrected chi connectivity index (χ3v) is 3.02. The number of ether oxygens (including phenoxy) is 1. The molecule has 0 aliphatic rings. The van der Waals surface area contributed by atoms with E-state index < -0.39 is 5.54 Å². The van der Waals surface area contributed by atoms with E-state index in [0.29, 0.717) is 11.3 Å². The predicted octanol–water partition coefficient (Wildman–Crippen LogP) is 0.901. The number of β-amino-alcohol motifs (C(OH)–C–C–N with tert-alkyl or cyclic N) is 1. The highest BCUT2D eigenvalue weighted by molar-refractivity contribution is 5.94. The molecule has 0 saturated heterocycles. The Labute approximate surface area is 113 Å². The van der Waals surface area contributed by atoms with Gasteiger partial charge in [0.05, 0.1) is 25.9 Å². The van der Waals surface area contributed by atoms with E-state index in [-0.39, 0.29) is 25.7 Å². The van der Waals surface area contributed by atoms with Crippen molar-refractivity contribution in [2.24, 2.45) is 0 Å². The van der Waals surface area contributed by atoms with Crippen molar-refractivity contribution in [3.05, 3.63) is 29.8 Å². The fourth-order valence-electron chi connectivity index (χ4n) is 1.75. The summed E-state index contributed by atoms with van der Waals surface area (Å²) in [5.41, 5.74) is -0.226. The molecule has 1 aromatic carbocycles. The quantitative estimate of drug-likeness (QED) is 0.803. The topological polar surface area (TPSA) is 70.0 Å². The number of aliphatic hydroxyl groups excluding tert-OH is 2. The van der Waals surface area contributed by atoms with Crippen molar-refractivity contribution in [2.45, 2.75) is 19.4 Å². The first-order valence-electron chi connectivity index (χ1n) is 6.14. The summed E-state index contributed by atoms with van der Waals surface area (Å²) < 4.78 is 5.04. The summed E-state index contributed by atoms with van der Waals surface area (Å²) in [6, 6.07) is 6.74. The summed E-state index contributed by atoms with van der Waals surface area (Å²) >= 11 is 0. The second-order valence-corrected chi connectivity index (χ2v) is 4.88. The van der Waals surface area contributed by atoms with Crippen LogP contribution in [-0.4, -0.2) is 53.4 Å². The maximum absolute atomic E-state index is 12.4. The summed E-state index contributed by atoms with van der Waals surface area (Å²) in [6.07, 6.45) is 0. The fourth-order valence-corrected chi connectivity index (χ4v) is 1.75. The smallest absolute Gasteiger partial charge is 0.254 e. The molecule has 5 nitrogen and oxygen atoms in total. The van der Waals surface area contributed by atoms with Crippen LogP contribution in [0.1, 0.15) is 24.2 Å². The molecule has 0 spiro atoms. The second kappa shape index (κ2) is 6.54. The number of benzene rings is 1. The van der Waals surface area contributed by atoms with Gasteiger partial charge in [-0.2, -0.15) is 0 Å². The number of methoxy groups -OCH3 is 1. The number of nitrogens with zero attached hydrogens (tertiary/aromatic N) is 1. The van der Waals surface area contributed by atoms with E-state index >= 15 is 0 Å². The molecular weight excluding hydrogens is 246 g/mol. The first-order chi connectivity index (χ1) is 8.96. The van der Waals surface area contributed by atoms with Gasteiger partial charge < -0.3 is 19.8 Å². The summed E-state index contributed by atoms with van der Waals surface area (Å²) in [6.45, 7) is 3.37. The van der Waals surface area contributed by atoms with Crippen molar-refractivity contribution in [2.75, 3.05) is 26.9 Å². The van der Waals surface area contributed by atoms with E-state index in [4.69, 9.17) is 9.84 Å². The van der Waals surface area contributed by atoms with Gasteiger partial charge in [0, 0.05) is 12.1 Å². The number of carbonyl (C=O) groups excluding carboxylic acids is 1. The van der Waals surface area contributed by atoms with Gasteiger partial charge in [-0.1, -0.05) is 0 Å². The van der Waals surface area contributed by atoms with Crippen LogP contribution in [0.4, 0.5) is 0 Å². The lowest BCUT2D eigenvalue weighted by Gasteiger charge is -2.37. The van der Waals surface area contributed by atoms with Gasteiger partial charge in [0.25, 0.3) is 5.91 Å². The molecule has 5 heteroatoms. The Kier molecular flexibility index (Phi) is 5.32. The SMILES string of the molecule is COc1ccc(C(=O)N(CCO)C(C)(C)CO)cc1. The lowest BCUT2D eigenvalue weighted by Crippen LogP contribution is -2.51. The van der Waals surface area contributed by atoms with Crippen molar-refractivity contribution in [3.8, 4) is 5.75 Å². The zero-order valence-corrected chi connectivity index (χ0v) is 11.6. The Morgan fingerprint density at radius 3 is 2.26 bits per heavy atom. The van der Waals surface area contributed by atoms with E-state index in [2.05, 4.69) is 0 Å². The zero-order valence-electron chi connectivity index (χ0n) is 11.6. The molecule has 19 heavy (non-hydrogen) atoms.